The molecule has 0 aliphatic carbocycles. The highest BCUT2D eigenvalue weighted by Crippen LogP contribution is 2.36. The molecule has 0 radical (unpaired) electrons. The summed E-state index contributed by atoms with van der Waals surface area (Å²) in [6.07, 6.45) is 4.31. The summed E-state index contributed by atoms with van der Waals surface area (Å²) in [4.78, 5) is 26.6. The molecule has 13 heteroatoms. The van der Waals surface area contributed by atoms with Crippen LogP contribution < -0.4 is 0 Å². The summed E-state index contributed by atoms with van der Waals surface area (Å²) >= 11 is 0. The van der Waals surface area contributed by atoms with Crippen LogP contribution in [-0.4, -0.2) is 96.1 Å². The second-order valence-corrected chi connectivity index (χ2v) is 14.4. The fourth-order valence-corrected chi connectivity index (χ4v) is 7.52. The molecule has 3 aliphatic heterocycles. The topological polar surface area (TPSA) is 95.9 Å². The Morgan fingerprint density at radius 3 is 2.27 bits per heavy atom. The van der Waals surface area contributed by atoms with Gasteiger partial charge in [-0.25, -0.2) is 22.7 Å². The zero-order chi connectivity index (χ0) is 31.6. The van der Waals surface area contributed by atoms with Gasteiger partial charge in [0, 0.05) is 43.5 Å². The van der Waals surface area contributed by atoms with E-state index in [1.54, 1.807) is 7.05 Å². The molecule has 0 N–H and O–H groups in total. The van der Waals surface area contributed by atoms with E-state index in [0.717, 1.165) is 80.6 Å². The van der Waals surface area contributed by atoms with Crippen LogP contribution in [0.3, 0.4) is 0 Å². The molecule has 3 aliphatic rings. The van der Waals surface area contributed by atoms with Crippen LogP contribution in [0.4, 0.5) is 13.2 Å². The number of nitrogens with zero attached hydrogens (tertiary/aromatic N) is 5. The zero-order valence-corrected chi connectivity index (χ0v) is 26.4. The zero-order valence-electron chi connectivity index (χ0n) is 25.6. The minimum atomic E-state index is -4.36. The number of likely N-dealkylation sites (tertiary alicyclic amines) is 2. The van der Waals surface area contributed by atoms with Crippen LogP contribution >= 0.6 is 0 Å². The van der Waals surface area contributed by atoms with Gasteiger partial charge >= 0.3 is 6.18 Å². The molecule has 2 atom stereocenters. The lowest BCUT2D eigenvalue weighted by Crippen LogP contribution is -2.52. The molecule has 44 heavy (non-hydrogen) atoms. The number of sulfonamides is 1. The van der Waals surface area contributed by atoms with E-state index in [4.69, 9.17) is 4.74 Å². The molecule has 1 amide bonds. The summed E-state index contributed by atoms with van der Waals surface area (Å²) in [5.41, 5.74) is 2.09. The van der Waals surface area contributed by atoms with Crippen LogP contribution in [0.2, 0.25) is 0 Å². The van der Waals surface area contributed by atoms with Gasteiger partial charge in [0.1, 0.15) is 12.0 Å². The number of amides is 1. The molecule has 0 spiro atoms. The Morgan fingerprint density at radius 2 is 1.66 bits per heavy atom. The van der Waals surface area contributed by atoms with Gasteiger partial charge in [-0.1, -0.05) is 12.1 Å². The van der Waals surface area contributed by atoms with Gasteiger partial charge in [0.05, 0.1) is 24.0 Å². The van der Waals surface area contributed by atoms with Crippen LogP contribution in [0, 0.1) is 6.92 Å². The van der Waals surface area contributed by atoms with E-state index in [0.29, 0.717) is 37.7 Å². The number of hydrogen-bond acceptors (Lipinski definition) is 7. The summed E-state index contributed by atoms with van der Waals surface area (Å²) in [5, 5.41) is 0. The summed E-state index contributed by atoms with van der Waals surface area (Å²) in [7, 11) is -1.54. The molecule has 9 nitrogen and oxygen atoms in total. The molecule has 3 fully saturated rings. The SMILES string of the molecule is Cc1c(CC[C@@H]2CC[C@@H](c3ccc(C(F)(F)F)cc3)O2)ncnc1C(=O)N1CCC(N2CCC(N(C)S(C)(=O)=O)CC2)CC1. The number of aromatic nitrogens is 2. The van der Waals surface area contributed by atoms with Crippen molar-refractivity contribution in [1.29, 1.82) is 0 Å². The summed E-state index contributed by atoms with van der Waals surface area (Å²) in [6.45, 7) is 4.88. The largest absolute Gasteiger partial charge is 0.416 e. The Kier molecular flexibility index (Phi) is 9.98. The molecule has 4 heterocycles. The van der Waals surface area contributed by atoms with Gasteiger partial charge in [-0.15, -0.1) is 0 Å². The fraction of sp³-hybridized carbons (Fsp3) is 0.645. The van der Waals surface area contributed by atoms with Gasteiger partial charge in [-0.05, 0) is 89.1 Å². The minimum absolute atomic E-state index is 0.0355. The van der Waals surface area contributed by atoms with Crippen molar-refractivity contribution in [3.63, 3.8) is 0 Å². The monoisotopic (exact) mass is 637 g/mol. The third kappa shape index (κ3) is 7.60. The Morgan fingerprint density at radius 1 is 1.00 bits per heavy atom. The minimum Gasteiger partial charge on any atom is -0.370 e. The van der Waals surface area contributed by atoms with Crippen molar-refractivity contribution in [2.24, 2.45) is 0 Å². The standard InChI is InChI=1S/C31H42F3N5O4S/c1-21-27(10-8-26-9-11-28(43-26)22-4-6-23(7-5-22)31(32,33)34)35-20-36-29(21)30(40)39-18-14-25(15-19-39)38-16-12-24(13-17-38)37(2)44(3,41)42/h4-7,20,24-26,28H,8-19H2,1-3H3/t26-,28+/m1/s1. The Labute approximate surface area is 257 Å². The number of alkyl halides is 3. The van der Waals surface area contributed by atoms with E-state index in [1.165, 1.54) is 29.0 Å². The molecular weight excluding hydrogens is 595 g/mol. The van der Waals surface area contributed by atoms with Crippen molar-refractivity contribution in [1.82, 2.24) is 24.1 Å². The van der Waals surface area contributed by atoms with E-state index in [-0.39, 0.29) is 24.2 Å². The number of rotatable bonds is 8. The van der Waals surface area contributed by atoms with E-state index < -0.39 is 21.8 Å². The van der Waals surface area contributed by atoms with Crippen molar-refractivity contribution >= 4 is 15.9 Å². The highest BCUT2D eigenvalue weighted by atomic mass is 32.2. The number of carbonyl (C=O) groups is 1. The average molecular weight is 638 g/mol. The summed E-state index contributed by atoms with van der Waals surface area (Å²) in [6, 6.07) is 5.61. The number of aryl methyl sites for hydroxylation is 1. The first-order chi connectivity index (χ1) is 20.8. The van der Waals surface area contributed by atoms with E-state index in [9.17, 15) is 26.4 Å². The van der Waals surface area contributed by atoms with Crippen molar-refractivity contribution in [2.75, 3.05) is 39.5 Å². The lowest BCUT2D eigenvalue weighted by molar-refractivity contribution is -0.137. The van der Waals surface area contributed by atoms with Crippen LogP contribution in [0.25, 0.3) is 0 Å². The molecule has 2 aromatic rings. The lowest BCUT2D eigenvalue weighted by atomic mass is 9.97. The third-order valence-corrected chi connectivity index (χ3v) is 11.0. The number of halogens is 3. The van der Waals surface area contributed by atoms with E-state index in [1.807, 2.05) is 11.8 Å². The van der Waals surface area contributed by atoms with Crippen molar-refractivity contribution in [3.05, 3.63) is 58.7 Å². The molecule has 1 aromatic carbocycles. The van der Waals surface area contributed by atoms with Crippen LogP contribution in [-0.2, 0) is 27.4 Å². The van der Waals surface area contributed by atoms with Crippen LogP contribution in [0.15, 0.2) is 30.6 Å². The van der Waals surface area contributed by atoms with Gasteiger partial charge in [0.25, 0.3) is 5.91 Å². The van der Waals surface area contributed by atoms with Gasteiger partial charge in [-0.3, -0.25) is 4.79 Å². The first-order valence-corrected chi connectivity index (χ1v) is 17.3. The predicted octanol–water partition coefficient (Wildman–Crippen LogP) is 4.62. The average Bonchev–Trinajstić information content (AvgIpc) is 3.48. The molecule has 5 rings (SSSR count). The Hall–Kier alpha value is -2.61. The molecule has 3 saturated heterocycles. The lowest BCUT2D eigenvalue weighted by Gasteiger charge is -2.43. The van der Waals surface area contributed by atoms with Gasteiger partial charge in [0.2, 0.25) is 10.0 Å². The smallest absolute Gasteiger partial charge is 0.370 e. The van der Waals surface area contributed by atoms with Gasteiger partial charge in [0.15, 0.2) is 0 Å². The number of carbonyl (C=O) groups excluding carboxylic acids is 1. The van der Waals surface area contributed by atoms with Crippen molar-refractivity contribution in [2.45, 2.75) is 88.8 Å². The number of piperidine rings is 2. The van der Waals surface area contributed by atoms with E-state index in [2.05, 4.69) is 14.9 Å². The van der Waals surface area contributed by atoms with Crippen LogP contribution in [0.5, 0.6) is 0 Å². The molecule has 0 bridgehead atoms. The molecule has 1 aromatic heterocycles. The molecule has 242 valence electrons. The first kappa shape index (κ1) is 32.8. The highest BCUT2D eigenvalue weighted by molar-refractivity contribution is 7.88. The maximum atomic E-state index is 13.5. The second-order valence-electron chi connectivity index (χ2n) is 12.3. The number of benzene rings is 1. The Balaban J connectivity index is 1.10. The summed E-state index contributed by atoms with van der Waals surface area (Å²) < 4.78 is 70.2. The maximum absolute atomic E-state index is 13.5. The van der Waals surface area contributed by atoms with E-state index >= 15 is 0 Å². The van der Waals surface area contributed by atoms with Gasteiger partial charge < -0.3 is 14.5 Å². The molecule has 0 unspecified atom stereocenters. The van der Waals surface area contributed by atoms with Crippen molar-refractivity contribution in [3.8, 4) is 0 Å². The molecule has 0 saturated carbocycles. The maximum Gasteiger partial charge on any atom is 0.416 e. The molecular formula is C31H42F3N5O4S. The normalized spacial score (nSPS) is 23.0. The van der Waals surface area contributed by atoms with Crippen LogP contribution in [0.1, 0.15) is 83.9 Å². The number of ether oxygens (including phenoxy) is 1. The highest BCUT2D eigenvalue weighted by Gasteiger charge is 2.34. The Bertz CT molecular complexity index is 1410. The predicted molar refractivity (Wildman–Crippen MR) is 160 cm³/mol. The first-order valence-electron chi connectivity index (χ1n) is 15.4. The number of hydrogen-bond donors (Lipinski definition) is 0. The second kappa shape index (κ2) is 13.4. The fourth-order valence-electron chi connectivity index (χ4n) is 6.77. The third-order valence-electron chi connectivity index (χ3n) is 9.62. The quantitative estimate of drug-likeness (QED) is 0.417. The van der Waals surface area contributed by atoms with Crippen molar-refractivity contribution < 1.29 is 31.1 Å². The summed E-state index contributed by atoms with van der Waals surface area (Å²) in [5.74, 6) is -0.0856. The van der Waals surface area contributed by atoms with Gasteiger partial charge in [-0.2, -0.15) is 13.2 Å².